The first-order chi connectivity index (χ1) is 15.6. The minimum absolute atomic E-state index is 0.0451. The average molecular weight is 445 g/mol. The van der Waals surface area contributed by atoms with Gasteiger partial charge >= 0.3 is 0 Å². The van der Waals surface area contributed by atoms with Gasteiger partial charge in [0.15, 0.2) is 11.5 Å². The lowest BCUT2D eigenvalue weighted by Crippen LogP contribution is -2.28. The number of phenols is 1. The quantitative estimate of drug-likeness (QED) is 0.328. The van der Waals surface area contributed by atoms with E-state index in [1.54, 1.807) is 18.3 Å². The average Bonchev–Trinajstić information content (AvgIpc) is 3.31. The molecule has 3 atom stereocenters. The van der Waals surface area contributed by atoms with E-state index in [1.165, 1.54) is 16.8 Å². The van der Waals surface area contributed by atoms with E-state index in [0.717, 1.165) is 17.7 Å². The first-order valence-corrected chi connectivity index (χ1v) is 11.3. The highest BCUT2D eigenvalue weighted by Gasteiger charge is 2.37. The van der Waals surface area contributed by atoms with Gasteiger partial charge in [0.2, 0.25) is 0 Å². The number of aromatic hydroxyl groups is 1. The lowest BCUT2D eigenvalue weighted by molar-refractivity contribution is 0.318. The molecule has 0 bridgehead atoms. The van der Waals surface area contributed by atoms with Crippen LogP contribution in [0.4, 0.5) is 11.4 Å². The topological polar surface area (TPSA) is 53.8 Å². The number of aliphatic imine (C=N–C) groups is 1. The van der Waals surface area contributed by atoms with Crippen molar-refractivity contribution in [2.75, 3.05) is 11.9 Å². The van der Waals surface area contributed by atoms with Gasteiger partial charge in [-0.05, 0) is 66.3 Å². The number of anilines is 1. The van der Waals surface area contributed by atoms with Crippen molar-refractivity contribution in [1.82, 2.24) is 0 Å². The smallest absolute Gasteiger partial charge is 0.176 e. The van der Waals surface area contributed by atoms with Gasteiger partial charge in [0, 0.05) is 17.8 Å². The van der Waals surface area contributed by atoms with Crippen LogP contribution in [0, 0.1) is 5.92 Å². The summed E-state index contributed by atoms with van der Waals surface area (Å²) < 4.78 is 5.44. The monoisotopic (exact) mass is 444 g/mol. The molecule has 162 valence electrons. The zero-order valence-corrected chi connectivity index (χ0v) is 18.6. The largest absolute Gasteiger partial charge is 0.503 e. The van der Waals surface area contributed by atoms with Gasteiger partial charge in [-0.15, -0.1) is 0 Å². The fraction of sp³-hybridized carbons (Fsp3) is 0.222. The van der Waals surface area contributed by atoms with E-state index in [1.807, 2.05) is 19.1 Å². The van der Waals surface area contributed by atoms with Crippen molar-refractivity contribution in [1.29, 1.82) is 0 Å². The minimum Gasteiger partial charge on any atom is -0.503 e. The number of hydrogen-bond donors (Lipinski definition) is 2. The predicted octanol–water partition coefficient (Wildman–Crippen LogP) is 7.02. The van der Waals surface area contributed by atoms with Gasteiger partial charge < -0.3 is 15.2 Å². The Hall–Kier alpha value is -3.24. The molecule has 32 heavy (non-hydrogen) atoms. The molecule has 3 aromatic carbocycles. The maximum atomic E-state index is 10.0. The van der Waals surface area contributed by atoms with Gasteiger partial charge in [-0.25, -0.2) is 0 Å². The molecule has 1 aliphatic heterocycles. The molecular formula is C27H25ClN2O2. The summed E-state index contributed by atoms with van der Waals surface area (Å²) >= 11 is 6.12. The number of nitrogens with one attached hydrogen (secondary N) is 1. The second-order valence-electron chi connectivity index (χ2n) is 8.19. The van der Waals surface area contributed by atoms with Crippen molar-refractivity contribution in [2.45, 2.75) is 25.3 Å². The third kappa shape index (κ3) is 3.87. The third-order valence-electron chi connectivity index (χ3n) is 6.24. The Balaban J connectivity index is 1.36. The van der Waals surface area contributed by atoms with E-state index in [-0.39, 0.29) is 16.8 Å². The van der Waals surface area contributed by atoms with E-state index >= 15 is 0 Å². The maximum absolute atomic E-state index is 10.0. The summed E-state index contributed by atoms with van der Waals surface area (Å²) in [5.74, 6) is 1.31. The van der Waals surface area contributed by atoms with Gasteiger partial charge in [-0.2, -0.15) is 0 Å². The molecule has 4 nitrogen and oxygen atoms in total. The van der Waals surface area contributed by atoms with Gasteiger partial charge in [0.1, 0.15) is 0 Å². The molecule has 0 radical (unpaired) electrons. The summed E-state index contributed by atoms with van der Waals surface area (Å²) in [5, 5.41) is 14.0. The van der Waals surface area contributed by atoms with Crippen molar-refractivity contribution in [2.24, 2.45) is 10.9 Å². The molecule has 0 unspecified atom stereocenters. The molecule has 0 fully saturated rings. The highest BCUT2D eigenvalue weighted by atomic mass is 35.5. The van der Waals surface area contributed by atoms with Crippen LogP contribution in [0.25, 0.3) is 0 Å². The van der Waals surface area contributed by atoms with Crippen LogP contribution in [-0.2, 0) is 0 Å². The summed E-state index contributed by atoms with van der Waals surface area (Å²) in [6, 6.07) is 20.7. The highest BCUT2D eigenvalue weighted by molar-refractivity contribution is 6.32. The van der Waals surface area contributed by atoms with Crippen molar-refractivity contribution >= 4 is 29.2 Å². The summed E-state index contributed by atoms with van der Waals surface area (Å²) in [4.78, 5) is 4.58. The van der Waals surface area contributed by atoms with Crippen LogP contribution in [0.3, 0.4) is 0 Å². The predicted molar refractivity (Wildman–Crippen MR) is 131 cm³/mol. The Bertz CT molecular complexity index is 1190. The number of halogens is 1. The van der Waals surface area contributed by atoms with Crippen LogP contribution in [0.15, 0.2) is 77.8 Å². The van der Waals surface area contributed by atoms with Gasteiger partial charge in [-0.3, -0.25) is 4.99 Å². The van der Waals surface area contributed by atoms with Crippen LogP contribution in [-0.4, -0.2) is 17.9 Å². The van der Waals surface area contributed by atoms with E-state index in [2.05, 4.69) is 58.9 Å². The zero-order valence-electron chi connectivity index (χ0n) is 17.8. The van der Waals surface area contributed by atoms with E-state index in [9.17, 15) is 5.11 Å². The van der Waals surface area contributed by atoms with Gasteiger partial charge in [-0.1, -0.05) is 54.1 Å². The molecule has 5 rings (SSSR count). The molecule has 0 saturated heterocycles. The molecule has 0 aromatic heterocycles. The second-order valence-corrected chi connectivity index (χ2v) is 8.60. The van der Waals surface area contributed by atoms with Gasteiger partial charge in [0.05, 0.1) is 23.4 Å². The molecule has 5 heteroatoms. The number of ether oxygens (including phenoxy) is 1. The molecule has 3 aromatic rings. The number of para-hydroxylation sites is 1. The third-order valence-corrected chi connectivity index (χ3v) is 6.53. The van der Waals surface area contributed by atoms with E-state index in [4.69, 9.17) is 16.3 Å². The Labute approximate surface area is 193 Å². The standard InChI is InChI=1S/C27H25ClN2O2/c1-2-32-25-15-17(14-23(28)27(25)31)16-29-19-12-10-18(11-13-19)26-22-8-5-7-20(22)21-6-3-4-9-24(21)30-26/h3-7,9-16,20,22,26,30-31H,2,8H2,1H3/t20-,22+,26-/m0/s1. The normalized spacial score (nSPS) is 21.2. The number of rotatable bonds is 5. The van der Waals surface area contributed by atoms with Gasteiger partial charge in [0.25, 0.3) is 0 Å². The first-order valence-electron chi connectivity index (χ1n) is 11.0. The van der Waals surface area contributed by atoms with E-state index in [0.29, 0.717) is 24.2 Å². The molecule has 1 aliphatic carbocycles. The minimum atomic E-state index is -0.0451. The first kappa shape index (κ1) is 20.7. The summed E-state index contributed by atoms with van der Waals surface area (Å²) in [5.41, 5.74) is 5.51. The molecular weight excluding hydrogens is 420 g/mol. The fourth-order valence-corrected chi connectivity index (χ4v) is 4.94. The molecule has 0 amide bonds. The SMILES string of the molecule is CCOc1cc(C=Nc2ccc([C@@H]3Nc4ccccc4[C@@H]4C=CC[C@H]43)cc2)cc(Cl)c1O. The molecule has 0 spiro atoms. The number of fused-ring (bicyclic) bond motifs is 3. The van der Waals surface area contributed by atoms with Crippen molar-refractivity contribution in [3.8, 4) is 11.5 Å². The highest BCUT2D eigenvalue weighted by Crippen LogP contribution is 2.49. The van der Waals surface area contributed by atoms with Crippen LogP contribution >= 0.6 is 11.6 Å². The number of benzene rings is 3. The van der Waals surface area contributed by atoms with Crippen LogP contribution in [0.1, 0.15) is 42.0 Å². The number of hydrogen-bond acceptors (Lipinski definition) is 4. The summed E-state index contributed by atoms with van der Waals surface area (Å²) in [7, 11) is 0. The maximum Gasteiger partial charge on any atom is 0.176 e. The number of phenolic OH excluding ortho intramolecular Hbond substituents is 1. The van der Waals surface area contributed by atoms with Crippen LogP contribution < -0.4 is 10.1 Å². The second kappa shape index (κ2) is 8.71. The Morgan fingerprint density at radius 1 is 1.16 bits per heavy atom. The van der Waals surface area contributed by atoms with E-state index < -0.39 is 0 Å². The number of allylic oxidation sites excluding steroid dienone is 2. The lowest BCUT2D eigenvalue weighted by atomic mass is 9.77. The van der Waals surface area contributed by atoms with Crippen molar-refractivity contribution in [3.63, 3.8) is 0 Å². The summed E-state index contributed by atoms with van der Waals surface area (Å²) in [6.45, 7) is 2.31. The van der Waals surface area contributed by atoms with Crippen molar-refractivity contribution in [3.05, 3.63) is 94.5 Å². The Morgan fingerprint density at radius 2 is 1.97 bits per heavy atom. The van der Waals surface area contributed by atoms with Crippen LogP contribution in [0.5, 0.6) is 11.5 Å². The molecule has 0 saturated carbocycles. The summed E-state index contributed by atoms with van der Waals surface area (Å²) in [6.07, 6.45) is 7.48. The molecule has 1 heterocycles. The van der Waals surface area contributed by atoms with Crippen LogP contribution in [0.2, 0.25) is 5.02 Å². The molecule has 2 aliphatic rings. The zero-order chi connectivity index (χ0) is 22.1. The molecule has 2 N–H and O–H groups in total. The Kier molecular flexibility index (Phi) is 5.62. The Morgan fingerprint density at radius 3 is 2.78 bits per heavy atom. The lowest BCUT2D eigenvalue weighted by Gasteiger charge is -2.37. The van der Waals surface area contributed by atoms with Crippen molar-refractivity contribution < 1.29 is 9.84 Å². The number of nitrogens with zero attached hydrogens (tertiary/aromatic N) is 1. The fourth-order valence-electron chi connectivity index (χ4n) is 4.72.